The molecule has 0 aliphatic rings. The number of hydrogen-bond acceptors (Lipinski definition) is 3. The van der Waals surface area contributed by atoms with Crippen LogP contribution in [-0.4, -0.2) is 31.7 Å². The third-order valence-corrected chi connectivity index (χ3v) is 2.80. The Morgan fingerprint density at radius 3 is 2.47 bits per heavy atom. The van der Waals surface area contributed by atoms with Crippen LogP contribution in [0.25, 0.3) is 0 Å². The topological polar surface area (TPSA) is 41.6 Å². The van der Waals surface area contributed by atoms with Gasteiger partial charge in [0.25, 0.3) is 0 Å². The lowest BCUT2D eigenvalue weighted by molar-refractivity contribution is 0.203. The number of halogens is 1. The molecule has 1 N–H and O–H groups in total. The number of nitrogens with zero attached hydrogens (tertiary/aromatic N) is 1. The number of benzene rings is 1. The predicted octanol–water partition coefficient (Wildman–Crippen LogP) is 3.39. The number of nitrogens with one attached hydrogen (secondary N) is 1. The van der Waals surface area contributed by atoms with E-state index in [0.717, 1.165) is 15.7 Å². The highest BCUT2D eigenvalue weighted by Gasteiger charge is 2.05. The van der Waals surface area contributed by atoms with E-state index in [1.54, 1.807) is 6.07 Å². The van der Waals surface area contributed by atoms with Gasteiger partial charge in [-0.3, -0.25) is 0 Å². The van der Waals surface area contributed by atoms with E-state index in [9.17, 15) is 4.79 Å². The van der Waals surface area contributed by atoms with Crippen LogP contribution in [0.4, 0.5) is 10.5 Å². The molecule has 0 unspecified atom stereocenters. The predicted molar refractivity (Wildman–Crippen MR) is 89.7 cm³/mol. The SMILES string of the molecule is C=CCI.CNC(=O)Oc1ccc(N(C)C)c(C)c1. The van der Waals surface area contributed by atoms with Gasteiger partial charge in [0.05, 0.1) is 0 Å². The molecule has 1 aromatic rings. The van der Waals surface area contributed by atoms with Crippen LogP contribution < -0.4 is 15.0 Å². The maximum atomic E-state index is 11.0. The number of amides is 1. The number of hydrogen-bond donors (Lipinski definition) is 1. The van der Waals surface area contributed by atoms with Crippen molar-refractivity contribution in [1.29, 1.82) is 0 Å². The molecule has 0 aromatic heterocycles. The molecule has 0 heterocycles. The highest BCUT2D eigenvalue weighted by molar-refractivity contribution is 14.1. The van der Waals surface area contributed by atoms with Gasteiger partial charge in [0.1, 0.15) is 5.75 Å². The fraction of sp³-hybridized carbons (Fsp3) is 0.357. The van der Waals surface area contributed by atoms with Crippen molar-refractivity contribution in [2.45, 2.75) is 6.92 Å². The Morgan fingerprint density at radius 2 is 2.11 bits per heavy atom. The number of aryl methyl sites for hydroxylation is 1. The first-order chi connectivity index (χ1) is 8.96. The summed E-state index contributed by atoms with van der Waals surface area (Å²) in [6.45, 7) is 5.45. The summed E-state index contributed by atoms with van der Waals surface area (Å²) in [6.07, 6.45) is 1.41. The summed E-state index contributed by atoms with van der Waals surface area (Å²) in [6, 6.07) is 5.54. The van der Waals surface area contributed by atoms with Crippen molar-refractivity contribution in [1.82, 2.24) is 5.32 Å². The number of carbonyl (C=O) groups excluding carboxylic acids is 1. The van der Waals surface area contributed by atoms with Crippen molar-refractivity contribution >= 4 is 34.4 Å². The summed E-state index contributed by atoms with van der Waals surface area (Å²) in [5, 5.41) is 2.40. The molecule has 0 spiro atoms. The van der Waals surface area contributed by atoms with E-state index in [-0.39, 0.29) is 0 Å². The van der Waals surface area contributed by atoms with Crippen LogP contribution in [0.2, 0.25) is 0 Å². The fourth-order valence-electron chi connectivity index (χ4n) is 1.35. The van der Waals surface area contributed by atoms with E-state index in [4.69, 9.17) is 4.74 Å². The van der Waals surface area contributed by atoms with Crippen molar-refractivity contribution in [3.05, 3.63) is 36.4 Å². The van der Waals surface area contributed by atoms with Crippen LogP contribution in [0.5, 0.6) is 5.75 Å². The fourth-order valence-corrected chi connectivity index (χ4v) is 1.35. The van der Waals surface area contributed by atoms with Crippen LogP contribution in [-0.2, 0) is 0 Å². The second-order valence-corrected chi connectivity index (χ2v) is 4.81. The molecule has 4 nitrogen and oxygen atoms in total. The molecular formula is C14H21IN2O2. The molecule has 0 aliphatic carbocycles. The number of alkyl halides is 1. The van der Waals surface area contributed by atoms with Gasteiger partial charge < -0.3 is 15.0 Å². The van der Waals surface area contributed by atoms with Crippen LogP contribution in [0.15, 0.2) is 30.9 Å². The Labute approximate surface area is 129 Å². The van der Waals surface area contributed by atoms with Gasteiger partial charge >= 0.3 is 6.09 Å². The second-order valence-electron chi connectivity index (χ2n) is 3.93. The number of rotatable bonds is 3. The van der Waals surface area contributed by atoms with Crippen LogP contribution in [0.1, 0.15) is 5.56 Å². The summed E-state index contributed by atoms with van der Waals surface area (Å²) in [4.78, 5) is 13.0. The summed E-state index contributed by atoms with van der Waals surface area (Å²) in [5.41, 5.74) is 2.18. The summed E-state index contributed by atoms with van der Waals surface area (Å²) in [7, 11) is 5.48. The normalized spacial score (nSPS) is 8.89. The van der Waals surface area contributed by atoms with Gasteiger partial charge in [-0.25, -0.2) is 4.79 Å². The van der Waals surface area contributed by atoms with E-state index >= 15 is 0 Å². The lowest BCUT2D eigenvalue weighted by Gasteiger charge is -2.16. The van der Waals surface area contributed by atoms with Crippen molar-refractivity contribution in [2.75, 3.05) is 30.5 Å². The second kappa shape index (κ2) is 9.66. The first kappa shape index (κ1) is 17.8. The maximum absolute atomic E-state index is 11.0. The molecule has 1 aromatic carbocycles. The summed E-state index contributed by atoms with van der Waals surface area (Å²) in [5.74, 6) is 0.553. The van der Waals surface area contributed by atoms with Gasteiger partial charge in [-0.2, -0.15) is 0 Å². The number of carbonyl (C=O) groups is 1. The van der Waals surface area contributed by atoms with Crippen molar-refractivity contribution in [3.8, 4) is 5.75 Å². The molecule has 19 heavy (non-hydrogen) atoms. The third-order valence-electron chi connectivity index (χ3n) is 2.17. The Bertz CT molecular complexity index is 420. The van der Waals surface area contributed by atoms with Crippen LogP contribution in [0.3, 0.4) is 0 Å². The minimum atomic E-state index is -0.452. The molecule has 1 rings (SSSR count). The molecule has 106 valence electrons. The van der Waals surface area contributed by atoms with Gasteiger partial charge in [-0.1, -0.05) is 28.7 Å². The van der Waals surface area contributed by atoms with Crippen LogP contribution in [0, 0.1) is 6.92 Å². The molecule has 0 bridgehead atoms. The van der Waals surface area contributed by atoms with E-state index < -0.39 is 6.09 Å². The van der Waals surface area contributed by atoms with Gasteiger partial charge in [0, 0.05) is 31.3 Å². The van der Waals surface area contributed by atoms with E-state index in [1.807, 2.05) is 44.1 Å². The molecule has 0 radical (unpaired) electrons. The lowest BCUT2D eigenvalue weighted by Crippen LogP contribution is -2.22. The van der Waals surface area contributed by atoms with Gasteiger partial charge in [-0.05, 0) is 30.7 Å². The highest BCUT2D eigenvalue weighted by Crippen LogP contribution is 2.23. The minimum Gasteiger partial charge on any atom is -0.410 e. The lowest BCUT2D eigenvalue weighted by atomic mass is 10.2. The van der Waals surface area contributed by atoms with E-state index in [0.29, 0.717) is 5.75 Å². The molecule has 0 saturated heterocycles. The molecule has 5 heteroatoms. The standard InChI is InChI=1S/C11H16N2O2.C3H5I/c1-8-7-9(15-11(14)12-2)5-6-10(8)13(3)4;1-2-3-4/h5-7H,1-4H3,(H,12,14);2H,1,3H2. The molecule has 0 fully saturated rings. The van der Waals surface area contributed by atoms with Gasteiger partial charge in [0.15, 0.2) is 0 Å². The average Bonchev–Trinajstić information content (AvgIpc) is 2.38. The number of ether oxygens (including phenoxy) is 1. The monoisotopic (exact) mass is 376 g/mol. The largest absolute Gasteiger partial charge is 0.412 e. The van der Waals surface area contributed by atoms with E-state index in [1.165, 1.54) is 7.05 Å². The zero-order chi connectivity index (χ0) is 14.8. The summed E-state index contributed by atoms with van der Waals surface area (Å²) >= 11 is 2.23. The van der Waals surface area contributed by atoms with Gasteiger partial charge in [0.2, 0.25) is 0 Å². The highest BCUT2D eigenvalue weighted by atomic mass is 127. The molecular weight excluding hydrogens is 355 g/mol. The Balaban J connectivity index is 0.000000711. The molecule has 1 amide bonds. The Hall–Kier alpha value is -1.24. The average molecular weight is 376 g/mol. The molecule has 0 saturated carbocycles. The van der Waals surface area contributed by atoms with Crippen LogP contribution >= 0.6 is 22.6 Å². The maximum Gasteiger partial charge on any atom is 0.412 e. The Morgan fingerprint density at radius 1 is 1.53 bits per heavy atom. The van der Waals surface area contributed by atoms with Crippen molar-refractivity contribution in [2.24, 2.45) is 0 Å². The van der Waals surface area contributed by atoms with Crippen molar-refractivity contribution < 1.29 is 9.53 Å². The first-order valence-electron chi connectivity index (χ1n) is 5.80. The third kappa shape index (κ3) is 7.05. The molecule has 0 aliphatic heterocycles. The number of allylic oxidation sites excluding steroid dienone is 1. The number of anilines is 1. The quantitative estimate of drug-likeness (QED) is 0.500. The Kier molecular flexibility index (Phi) is 9.03. The van der Waals surface area contributed by atoms with Crippen molar-refractivity contribution in [3.63, 3.8) is 0 Å². The minimum absolute atomic E-state index is 0.452. The van der Waals surface area contributed by atoms with E-state index in [2.05, 4.69) is 34.5 Å². The zero-order valence-electron chi connectivity index (χ0n) is 11.9. The first-order valence-corrected chi connectivity index (χ1v) is 7.33. The zero-order valence-corrected chi connectivity index (χ0v) is 14.0. The molecule has 0 atom stereocenters. The van der Waals surface area contributed by atoms with Gasteiger partial charge in [-0.15, -0.1) is 6.58 Å². The smallest absolute Gasteiger partial charge is 0.410 e. The summed E-state index contributed by atoms with van der Waals surface area (Å²) < 4.78 is 6.06.